The van der Waals surface area contributed by atoms with Crippen LogP contribution in [-0.2, 0) is 0 Å². The Morgan fingerprint density at radius 3 is 2.41 bits per heavy atom. The summed E-state index contributed by atoms with van der Waals surface area (Å²) in [7, 11) is 1.66. The van der Waals surface area contributed by atoms with E-state index in [0.717, 1.165) is 51.0 Å². The first-order chi connectivity index (χ1) is 15.6. The van der Waals surface area contributed by atoms with Gasteiger partial charge in [-0.05, 0) is 36.8 Å². The molecule has 0 bridgehead atoms. The lowest BCUT2D eigenvalue weighted by molar-refractivity contribution is 0.415. The van der Waals surface area contributed by atoms with Crippen LogP contribution >= 0.6 is 11.6 Å². The van der Waals surface area contributed by atoms with Crippen molar-refractivity contribution in [2.24, 2.45) is 0 Å². The van der Waals surface area contributed by atoms with Crippen LogP contribution in [0.1, 0.15) is 5.69 Å². The molecule has 0 saturated heterocycles. The minimum atomic E-state index is 0.696. The van der Waals surface area contributed by atoms with E-state index in [2.05, 4.69) is 17.4 Å². The minimum Gasteiger partial charge on any atom is -0.497 e. The molecular formula is C26H21ClN4O. The summed E-state index contributed by atoms with van der Waals surface area (Å²) in [6.07, 6.45) is 0. The molecule has 0 spiro atoms. The molecule has 2 heterocycles. The number of benzene rings is 3. The summed E-state index contributed by atoms with van der Waals surface area (Å²) < 4.78 is 7.23. The Morgan fingerprint density at radius 1 is 0.875 bits per heavy atom. The van der Waals surface area contributed by atoms with Crippen LogP contribution < -0.4 is 10.1 Å². The van der Waals surface area contributed by atoms with Gasteiger partial charge in [-0.1, -0.05) is 60.1 Å². The van der Waals surface area contributed by atoms with Gasteiger partial charge in [-0.2, -0.15) is 9.61 Å². The third-order valence-corrected chi connectivity index (χ3v) is 5.56. The Labute approximate surface area is 191 Å². The van der Waals surface area contributed by atoms with E-state index in [1.54, 1.807) is 7.11 Å². The standard InChI is InChI=1S/C26H21ClN4O/c1-17-25(19-11-13-20(27)14-12-19)26-29-23(18-7-4-3-5-8-18)16-24(31(26)30-17)28-21-9-6-10-22(15-21)32-2/h3-16,28H,1-2H3. The molecule has 0 fully saturated rings. The van der Waals surface area contributed by atoms with Gasteiger partial charge in [0, 0.05) is 34.0 Å². The summed E-state index contributed by atoms with van der Waals surface area (Å²) in [5.41, 5.74) is 6.45. The van der Waals surface area contributed by atoms with Crippen molar-refractivity contribution in [3.05, 3.63) is 95.6 Å². The van der Waals surface area contributed by atoms with Crippen LogP contribution in [-0.4, -0.2) is 21.7 Å². The van der Waals surface area contributed by atoms with E-state index in [9.17, 15) is 0 Å². The van der Waals surface area contributed by atoms with Crippen molar-refractivity contribution in [3.63, 3.8) is 0 Å². The summed E-state index contributed by atoms with van der Waals surface area (Å²) >= 11 is 6.12. The molecule has 5 nitrogen and oxygen atoms in total. The van der Waals surface area contributed by atoms with Crippen LogP contribution in [0.5, 0.6) is 5.75 Å². The number of anilines is 2. The molecule has 0 unspecified atom stereocenters. The highest BCUT2D eigenvalue weighted by atomic mass is 35.5. The molecule has 5 aromatic rings. The topological polar surface area (TPSA) is 51.5 Å². The second-order valence-corrected chi connectivity index (χ2v) is 7.89. The first kappa shape index (κ1) is 20.1. The van der Waals surface area contributed by atoms with E-state index in [0.29, 0.717) is 5.02 Å². The van der Waals surface area contributed by atoms with Crippen LogP contribution in [0.15, 0.2) is 84.9 Å². The van der Waals surface area contributed by atoms with E-state index in [4.69, 9.17) is 26.4 Å². The van der Waals surface area contributed by atoms with Gasteiger partial charge in [0.2, 0.25) is 0 Å². The molecular weight excluding hydrogens is 420 g/mol. The van der Waals surface area contributed by atoms with Crippen LogP contribution in [0.4, 0.5) is 11.5 Å². The van der Waals surface area contributed by atoms with Crippen molar-refractivity contribution in [1.82, 2.24) is 14.6 Å². The van der Waals surface area contributed by atoms with Crippen LogP contribution in [0, 0.1) is 6.92 Å². The van der Waals surface area contributed by atoms with Crippen molar-refractivity contribution in [2.75, 3.05) is 12.4 Å². The summed E-state index contributed by atoms with van der Waals surface area (Å²) in [5.74, 6) is 1.59. The molecule has 0 aliphatic rings. The number of fused-ring (bicyclic) bond motifs is 1. The monoisotopic (exact) mass is 440 g/mol. The maximum absolute atomic E-state index is 6.12. The smallest absolute Gasteiger partial charge is 0.166 e. The Balaban J connectivity index is 1.73. The van der Waals surface area contributed by atoms with E-state index in [1.165, 1.54) is 0 Å². The van der Waals surface area contributed by atoms with Gasteiger partial charge < -0.3 is 10.1 Å². The molecule has 0 aliphatic carbocycles. The first-order valence-electron chi connectivity index (χ1n) is 10.3. The molecule has 0 aliphatic heterocycles. The minimum absolute atomic E-state index is 0.696. The normalized spacial score (nSPS) is 11.0. The van der Waals surface area contributed by atoms with Crippen LogP contribution in [0.3, 0.4) is 0 Å². The summed E-state index contributed by atoms with van der Waals surface area (Å²) in [6, 6.07) is 27.7. The SMILES string of the molecule is COc1cccc(Nc2cc(-c3ccccc3)nc3c(-c4ccc(Cl)cc4)c(C)nn23)c1. The Hall–Kier alpha value is -3.83. The largest absolute Gasteiger partial charge is 0.497 e. The van der Waals surface area contributed by atoms with E-state index >= 15 is 0 Å². The number of methoxy groups -OCH3 is 1. The second kappa shape index (κ2) is 8.36. The lowest BCUT2D eigenvalue weighted by Crippen LogP contribution is -2.03. The fraction of sp³-hybridized carbons (Fsp3) is 0.0769. The van der Waals surface area contributed by atoms with E-state index in [-0.39, 0.29) is 0 Å². The van der Waals surface area contributed by atoms with Crippen molar-refractivity contribution in [3.8, 4) is 28.1 Å². The predicted octanol–water partition coefficient (Wildman–Crippen LogP) is 6.78. The Morgan fingerprint density at radius 2 is 1.66 bits per heavy atom. The van der Waals surface area contributed by atoms with Crippen molar-refractivity contribution in [1.29, 1.82) is 0 Å². The number of hydrogen-bond acceptors (Lipinski definition) is 4. The Kier molecular flexibility index (Phi) is 5.25. The maximum atomic E-state index is 6.12. The summed E-state index contributed by atoms with van der Waals surface area (Å²) in [4.78, 5) is 5.00. The van der Waals surface area contributed by atoms with Gasteiger partial charge >= 0.3 is 0 Å². The number of hydrogen-bond donors (Lipinski definition) is 1. The van der Waals surface area contributed by atoms with Gasteiger partial charge in [0.05, 0.1) is 18.5 Å². The highest BCUT2D eigenvalue weighted by molar-refractivity contribution is 6.30. The third kappa shape index (κ3) is 3.79. The highest BCUT2D eigenvalue weighted by Crippen LogP contribution is 2.33. The van der Waals surface area contributed by atoms with Crippen molar-refractivity contribution >= 4 is 28.8 Å². The maximum Gasteiger partial charge on any atom is 0.166 e. The molecule has 0 atom stereocenters. The number of aromatic nitrogens is 3. The number of aryl methyl sites for hydroxylation is 1. The molecule has 0 saturated carbocycles. The second-order valence-electron chi connectivity index (χ2n) is 7.45. The molecule has 0 amide bonds. The van der Waals surface area contributed by atoms with E-state index < -0.39 is 0 Å². The zero-order valence-corrected chi connectivity index (χ0v) is 18.5. The molecule has 1 N–H and O–H groups in total. The van der Waals surface area contributed by atoms with Crippen LogP contribution in [0.25, 0.3) is 28.0 Å². The fourth-order valence-electron chi connectivity index (χ4n) is 3.77. The number of rotatable bonds is 5. The molecule has 5 rings (SSSR count). The van der Waals surface area contributed by atoms with Gasteiger partial charge in [0.25, 0.3) is 0 Å². The van der Waals surface area contributed by atoms with Gasteiger partial charge in [0.15, 0.2) is 5.65 Å². The quantitative estimate of drug-likeness (QED) is 0.327. The molecule has 3 aromatic carbocycles. The summed E-state index contributed by atoms with van der Waals surface area (Å²) in [6.45, 7) is 2.00. The average Bonchev–Trinajstić information content (AvgIpc) is 3.16. The predicted molar refractivity (Wildman–Crippen MR) is 130 cm³/mol. The van der Waals surface area contributed by atoms with Crippen molar-refractivity contribution < 1.29 is 4.74 Å². The van der Waals surface area contributed by atoms with Gasteiger partial charge in [-0.3, -0.25) is 0 Å². The number of halogens is 1. The zero-order valence-electron chi connectivity index (χ0n) is 17.7. The fourth-order valence-corrected chi connectivity index (χ4v) is 3.90. The molecule has 158 valence electrons. The average molecular weight is 441 g/mol. The number of nitrogens with one attached hydrogen (secondary N) is 1. The third-order valence-electron chi connectivity index (χ3n) is 5.31. The molecule has 6 heteroatoms. The molecule has 0 radical (unpaired) electrons. The number of ether oxygens (including phenoxy) is 1. The zero-order chi connectivity index (χ0) is 22.1. The lowest BCUT2D eigenvalue weighted by atomic mass is 10.1. The van der Waals surface area contributed by atoms with Gasteiger partial charge in [-0.25, -0.2) is 4.98 Å². The van der Waals surface area contributed by atoms with E-state index in [1.807, 2.05) is 84.2 Å². The van der Waals surface area contributed by atoms with Crippen LogP contribution in [0.2, 0.25) is 5.02 Å². The van der Waals surface area contributed by atoms with Crippen molar-refractivity contribution in [2.45, 2.75) is 6.92 Å². The van der Waals surface area contributed by atoms with Gasteiger partial charge in [0.1, 0.15) is 11.6 Å². The van der Waals surface area contributed by atoms with Gasteiger partial charge in [-0.15, -0.1) is 0 Å². The first-order valence-corrected chi connectivity index (χ1v) is 10.6. The molecule has 32 heavy (non-hydrogen) atoms. The number of nitrogens with zero attached hydrogens (tertiary/aromatic N) is 3. The Bertz CT molecular complexity index is 1400. The highest BCUT2D eigenvalue weighted by Gasteiger charge is 2.18. The lowest BCUT2D eigenvalue weighted by Gasteiger charge is -2.12. The molecule has 2 aromatic heterocycles. The summed E-state index contributed by atoms with van der Waals surface area (Å²) in [5, 5.41) is 9.00.